The van der Waals surface area contributed by atoms with Gasteiger partial charge < -0.3 is 0 Å². The molecule has 4 heterocycles. The Hall–Kier alpha value is -8.22. The molecule has 0 saturated heterocycles. The van der Waals surface area contributed by atoms with Crippen molar-refractivity contribution in [2.45, 2.75) is 6.92 Å². The summed E-state index contributed by atoms with van der Waals surface area (Å²) in [6.45, 7) is 2.05. The second kappa shape index (κ2) is 15.2. The van der Waals surface area contributed by atoms with E-state index >= 15 is 0 Å². The molecule has 6 heteroatoms. The average molecular weight is 781 g/mol. The molecule has 4 aromatic heterocycles. The highest BCUT2D eigenvalue weighted by molar-refractivity contribution is 6.09. The monoisotopic (exact) mass is 780 g/mol. The fraction of sp³-hybridized carbons (Fsp3) is 0.0182. The molecule has 11 aromatic rings. The van der Waals surface area contributed by atoms with Crippen LogP contribution in [0, 0.1) is 6.92 Å². The Labute approximate surface area is 353 Å². The largest absolute Gasteiger partial charge is 0.264 e. The van der Waals surface area contributed by atoms with Gasteiger partial charge in [-0.1, -0.05) is 158 Å². The maximum Gasteiger partial charge on any atom is 0.164 e. The van der Waals surface area contributed by atoms with Gasteiger partial charge in [0.05, 0.1) is 16.7 Å². The van der Waals surface area contributed by atoms with Crippen LogP contribution in [0.25, 0.3) is 111 Å². The van der Waals surface area contributed by atoms with E-state index in [4.69, 9.17) is 24.9 Å². The van der Waals surface area contributed by atoms with Crippen molar-refractivity contribution in [1.82, 2.24) is 29.9 Å². The van der Waals surface area contributed by atoms with Crippen LogP contribution in [0.3, 0.4) is 0 Å². The maximum atomic E-state index is 5.13. The van der Waals surface area contributed by atoms with Gasteiger partial charge in [-0.05, 0) is 76.0 Å². The molecule has 11 rings (SSSR count). The molecule has 0 amide bonds. The van der Waals surface area contributed by atoms with Gasteiger partial charge in [0.15, 0.2) is 17.5 Å². The van der Waals surface area contributed by atoms with Crippen molar-refractivity contribution in [1.29, 1.82) is 0 Å². The van der Waals surface area contributed by atoms with Gasteiger partial charge in [-0.15, -0.1) is 0 Å². The molecule has 0 saturated carbocycles. The number of rotatable bonds is 7. The topological polar surface area (TPSA) is 77.3 Å². The summed E-state index contributed by atoms with van der Waals surface area (Å²) in [5.74, 6) is 1.84. The molecule has 0 unspecified atom stereocenters. The minimum absolute atomic E-state index is 0.610. The number of aromatic nitrogens is 6. The number of hydrogen-bond acceptors (Lipinski definition) is 6. The van der Waals surface area contributed by atoms with Crippen molar-refractivity contribution in [3.63, 3.8) is 0 Å². The highest BCUT2D eigenvalue weighted by Gasteiger charge is 2.16. The smallest absolute Gasteiger partial charge is 0.164 e. The fourth-order valence-corrected chi connectivity index (χ4v) is 8.24. The first-order chi connectivity index (χ1) is 30.1. The lowest BCUT2D eigenvalue weighted by Crippen LogP contribution is -2.00. The number of hydrogen-bond donors (Lipinski definition) is 0. The third kappa shape index (κ3) is 6.86. The maximum absolute atomic E-state index is 5.13. The summed E-state index contributed by atoms with van der Waals surface area (Å²) in [6.07, 6.45) is 3.74. The van der Waals surface area contributed by atoms with Crippen LogP contribution in [-0.2, 0) is 0 Å². The van der Waals surface area contributed by atoms with Crippen LogP contribution in [0.4, 0.5) is 0 Å². The molecular weight excluding hydrogens is 745 g/mol. The summed E-state index contributed by atoms with van der Waals surface area (Å²) in [5, 5.41) is 4.39. The van der Waals surface area contributed by atoms with E-state index in [1.165, 1.54) is 0 Å². The molecule has 7 aromatic carbocycles. The molecule has 0 aliphatic rings. The zero-order valence-electron chi connectivity index (χ0n) is 33.2. The Bertz CT molecular complexity index is 3420. The van der Waals surface area contributed by atoms with Crippen LogP contribution in [0.15, 0.2) is 200 Å². The van der Waals surface area contributed by atoms with Crippen molar-refractivity contribution in [2.75, 3.05) is 0 Å². The van der Waals surface area contributed by atoms with E-state index in [2.05, 4.69) is 151 Å². The van der Waals surface area contributed by atoms with E-state index in [1.807, 2.05) is 60.9 Å². The van der Waals surface area contributed by atoms with Gasteiger partial charge in [-0.25, -0.2) is 19.9 Å². The van der Waals surface area contributed by atoms with Crippen molar-refractivity contribution < 1.29 is 0 Å². The van der Waals surface area contributed by atoms with E-state index in [0.29, 0.717) is 17.5 Å². The zero-order chi connectivity index (χ0) is 40.7. The van der Waals surface area contributed by atoms with Crippen LogP contribution < -0.4 is 0 Å². The first-order valence-corrected chi connectivity index (χ1v) is 20.3. The lowest BCUT2D eigenvalue weighted by atomic mass is 9.96. The highest BCUT2D eigenvalue weighted by Crippen LogP contribution is 2.36. The Morgan fingerprint density at radius 2 is 0.934 bits per heavy atom. The average Bonchev–Trinajstić information content (AvgIpc) is 3.34. The van der Waals surface area contributed by atoms with Crippen LogP contribution in [0.5, 0.6) is 0 Å². The van der Waals surface area contributed by atoms with Crippen molar-refractivity contribution in [3.05, 3.63) is 206 Å². The number of nitrogens with zero attached hydrogens (tertiary/aromatic N) is 6. The summed E-state index contributed by atoms with van der Waals surface area (Å²) in [6, 6.07) is 65.1. The van der Waals surface area contributed by atoms with Gasteiger partial charge in [0, 0.05) is 56.5 Å². The number of fused-ring (bicyclic) bond motifs is 4. The normalized spacial score (nSPS) is 11.4. The molecule has 0 aliphatic heterocycles. The van der Waals surface area contributed by atoms with E-state index in [9.17, 15) is 0 Å². The van der Waals surface area contributed by atoms with E-state index in [-0.39, 0.29) is 0 Å². The molecule has 0 N–H and O–H groups in total. The van der Waals surface area contributed by atoms with Gasteiger partial charge in [-0.2, -0.15) is 0 Å². The second-order valence-electron chi connectivity index (χ2n) is 15.2. The molecular formula is C55H36N6. The number of benzene rings is 7. The lowest BCUT2D eigenvalue weighted by molar-refractivity contribution is 1.07. The van der Waals surface area contributed by atoms with Crippen LogP contribution >= 0.6 is 0 Å². The SMILES string of the molecule is Cc1cc(-c2ccc(-c3cccc(-c4nc(-c5ccccc5)nc(-c5cccc(-c6cccc7cnccc67)c5)n4)c3)cc2)c2ccc3ccc(-c4ccccc4)nc3c2n1. The van der Waals surface area contributed by atoms with Gasteiger partial charge in [0.2, 0.25) is 0 Å². The van der Waals surface area contributed by atoms with Crippen LogP contribution in [0.2, 0.25) is 0 Å². The fourth-order valence-electron chi connectivity index (χ4n) is 8.24. The number of pyridine rings is 3. The molecule has 0 bridgehead atoms. The zero-order valence-corrected chi connectivity index (χ0v) is 33.2. The molecule has 61 heavy (non-hydrogen) atoms. The van der Waals surface area contributed by atoms with Gasteiger partial charge >= 0.3 is 0 Å². The Morgan fingerprint density at radius 3 is 1.69 bits per heavy atom. The highest BCUT2D eigenvalue weighted by atomic mass is 15.0. The molecule has 0 fully saturated rings. The van der Waals surface area contributed by atoms with Gasteiger partial charge in [0.25, 0.3) is 0 Å². The van der Waals surface area contributed by atoms with Crippen molar-refractivity contribution in [2.24, 2.45) is 0 Å². The van der Waals surface area contributed by atoms with Crippen molar-refractivity contribution in [3.8, 4) is 78.8 Å². The summed E-state index contributed by atoms with van der Waals surface area (Å²) < 4.78 is 0. The second-order valence-corrected chi connectivity index (χ2v) is 15.2. The van der Waals surface area contributed by atoms with E-state index in [1.54, 1.807) is 0 Å². The lowest BCUT2D eigenvalue weighted by Gasteiger charge is -2.12. The third-order valence-corrected chi connectivity index (χ3v) is 11.3. The third-order valence-electron chi connectivity index (χ3n) is 11.3. The Morgan fingerprint density at radius 1 is 0.328 bits per heavy atom. The standard InChI is InChI=1S/C55H36N6/c1-35-31-49(48-27-25-39-26-28-50(38-11-4-2-5-12-38)58-51(39)52(48)57-35)37-23-21-36(22-24-37)41-15-8-17-43(32-41)54-59-53(40-13-6-3-7-14-40)60-55(61-54)44-18-9-16-42(33-44)46-20-10-19-45-34-56-30-29-47(45)46/h2-34H,1H3. The van der Waals surface area contributed by atoms with Gasteiger partial charge in [0.1, 0.15) is 0 Å². The summed E-state index contributed by atoms with van der Waals surface area (Å²) >= 11 is 0. The Balaban J connectivity index is 0.959. The first-order valence-electron chi connectivity index (χ1n) is 20.3. The van der Waals surface area contributed by atoms with E-state index < -0.39 is 0 Å². The van der Waals surface area contributed by atoms with Crippen LogP contribution in [0.1, 0.15) is 5.69 Å². The molecule has 286 valence electrons. The van der Waals surface area contributed by atoms with Crippen molar-refractivity contribution >= 4 is 32.6 Å². The van der Waals surface area contributed by atoms with E-state index in [0.717, 1.165) is 99.6 Å². The minimum atomic E-state index is 0.610. The summed E-state index contributed by atoms with van der Waals surface area (Å²) in [5.41, 5.74) is 14.2. The quantitative estimate of drug-likeness (QED) is 0.150. The summed E-state index contributed by atoms with van der Waals surface area (Å²) in [7, 11) is 0. The molecule has 0 spiro atoms. The molecule has 0 radical (unpaired) electrons. The Kier molecular flexibility index (Phi) is 8.94. The number of aryl methyl sites for hydroxylation is 1. The van der Waals surface area contributed by atoms with Crippen LogP contribution in [-0.4, -0.2) is 29.9 Å². The summed E-state index contributed by atoms with van der Waals surface area (Å²) in [4.78, 5) is 29.7. The molecule has 6 nitrogen and oxygen atoms in total. The van der Waals surface area contributed by atoms with Gasteiger partial charge in [-0.3, -0.25) is 9.97 Å². The first kappa shape index (κ1) is 35.9. The predicted molar refractivity (Wildman–Crippen MR) is 249 cm³/mol. The minimum Gasteiger partial charge on any atom is -0.264 e. The molecule has 0 aliphatic carbocycles. The predicted octanol–water partition coefficient (Wildman–Crippen LogP) is 13.5. The molecule has 0 atom stereocenters.